The Hall–Kier alpha value is -1.67. The van der Waals surface area contributed by atoms with E-state index >= 15 is 0 Å². The molecule has 20 heavy (non-hydrogen) atoms. The van der Waals surface area contributed by atoms with Gasteiger partial charge in [-0.3, -0.25) is 0 Å². The van der Waals surface area contributed by atoms with Crippen molar-refractivity contribution >= 4 is 23.0 Å². The van der Waals surface area contributed by atoms with Gasteiger partial charge >= 0.3 is 0 Å². The maximum absolute atomic E-state index is 6.29. The largest absolute Gasteiger partial charge is 0.399 e. The van der Waals surface area contributed by atoms with Crippen molar-refractivity contribution in [3.63, 3.8) is 0 Å². The summed E-state index contributed by atoms with van der Waals surface area (Å²) >= 11 is 6.29. The van der Waals surface area contributed by atoms with Crippen LogP contribution in [0.2, 0.25) is 5.02 Å². The van der Waals surface area contributed by atoms with Gasteiger partial charge in [-0.25, -0.2) is 0 Å². The van der Waals surface area contributed by atoms with Crippen LogP contribution in [0, 0.1) is 0 Å². The molecule has 0 atom stereocenters. The third kappa shape index (κ3) is 3.91. The van der Waals surface area contributed by atoms with Crippen LogP contribution in [0.25, 0.3) is 0 Å². The minimum absolute atomic E-state index is 0.707. The molecule has 0 aliphatic rings. The lowest BCUT2D eigenvalue weighted by molar-refractivity contribution is 0.716. The third-order valence-electron chi connectivity index (χ3n) is 3.34. The normalized spacial score (nSPS) is 10.5. The second kappa shape index (κ2) is 7.20. The van der Waals surface area contributed by atoms with Crippen LogP contribution in [0.5, 0.6) is 0 Å². The number of nitrogen functional groups attached to an aromatic ring is 1. The molecule has 2 aromatic rings. The fourth-order valence-corrected chi connectivity index (χ4v) is 2.43. The molecule has 2 aromatic carbocycles. The van der Waals surface area contributed by atoms with Crippen LogP contribution >= 0.6 is 11.6 Å². The fraction of sp³-hybridized carbons (Fsp3) is 0.294. The molecule has 106 valence electrons. The second-order valence-electron chi connectivity index (χ2n) is 4.96. The Morgan fingerprint density at radius 2 is 1.85 bits per heavy atom. The molecule has 2 nitrogen and oxygen atoms in total. The van der Waals surface area contributed by atoms with Gasteiger partial charge in [-0.05, 0) is 36.2 Å². The number of hydrogen-bond acceptors (Lipinski definition) is 2. The van der Waals surface area contributed by atoms with E-state index in [0.717, 1.165) is 23.7 Å². The fourth-order valence-electron chi connectivity index (χ4n) is 2.18. The molecule has 0 saturated carbocycles. The minimum Gasteiger partial charge on any atom is -0.399 e. The summed E-state index contributed by atoms with van der Waals surface area (Å²) in [6, 6.07) is 16.2. The van der Waals surface area contributed by atoms with E-state index in [1.165, 1.54) is 18.5 Å². The lowest BCUT2D eigenvalue weighted by Crippen LogP contribution is -2.23. The molecule has 0 bridgehead atoms. The zero-order valence-electron chi connectivity index (χ0n) is 11.8. The summed E-state index contributed by atoms with van der Waals surface area (Å²) in [6.45, 7) is 4.05. The van der Waals surface area contributed by atoms with Gasteiger partial charge in [0.2, 0.25) is 0 Å². The lowest BCUT2D eigenvalue weighted by atomic mass is 10.1. The molecule has 2 rings (SSSR count). The van der Waals surface area contributed by atoms with Gasteiger partial charge in [0.1, 0.15) is 0 Å². The molecule has 0 spiro atoms. The first kappa shape index (κ1) is 14.7. The molecule has 0 unspecified atom stereocenters. The molecule has 3 heteroatoms. The van der Waals surface area contributed by atoms with Crippen molar-refractivity contribution in [1.82, 2.24) is 0 Å². The Morgan fingerprint density at radius 1 is 1.10 bits per heavy atom. The van der Waals surface area contributed by atoms with Gasteiger partial charge in [-0.2, -0.15) is 0 Å². The van der Waals surface area contributed by atoms with E-state index in [4.69, 9.17) is 17.3 Å². The van der Waals surface area contributed by atoms with Crippen molar-refractivity contribution in [2.45, 2.75) is 26.3 Å². The van der Waals surface area contributed by atoms with E-state index in [1.54, 1.807) is 0 Å². The van der Waals surface area contributed by atoms with E-state index in [1.807, 2.05) is 24.3 Å². The Kier molecular flexibility index (Phi) is 5.31. The van der Waals surface area contributed by atoms with Gasteiger partial charge < -0.3 is 10.6 Å². The molecule has 0 fully saturated rings. The molecule has 0 aliphatic heterocycles. The molecular weight excluding hydrogens is 268 g/mol. The molecule has 2 N–H and O–H groups in total. The minimum atomic E-state index is 0.707. The number of benzene rings is 2. The zero-order chi connectivity index (χ0) is 14.4. The number of hydrogen-bond donors (Lipinski definition) is 1. The van der Waals surface area contributed by atoms with Gasteiger partial charge in [0.05, 0.1) is 0 Å². The van der Waals surface area contributed by atoms with Crippen LogP contribution in [0.4, 0.5) is 11.4 Å². The molecule has 0 aliphatic carbocycles. The topological polar surface area (TPSA) is 29.3 Å². The Morgan fingerprint density at radius 3 is 2.50 bits per heavy atom. The summed E-state index contributed by atoms with van der Waals surface area (Å²) in [5.41, 5.74) is 8.80. The van der Waals surface area contributed by atoms with Crippen LogP contribution in [0.15, 0.2) is 48.5 Å². The highest BCUT2D eigenvalue weighted by Gasteiger charge is 2.09. The number of halogens is 1. The molecular formula is C17H21ClN2. The zero-order valence-corrected chi connectivity index (χ0v) is 12.6. The number of rotatable bonds is 6. The van der Waals surface area contributed by atoms with E-state index < -0.39 is 0 Å². The number of unbranched alkanes of at least 4 members (excludes halogenated alkanes) is 1. The van der Waals surface area contributed by atoms with Gasteiger partial charge in [-0.1, -0.05) is 49.2 Å². The Bertz CT molecular complexity index is 540. The second-order valence-corrected chi connectivity index (χ2v) is 5.37. The average Bonchev–Trinajstić information content (AvgIpc) is 2.46. The van der Waals surface area contributed by atoms with Crippen LogP contribution in [-0.4, -0.2) is 6.54 Å². The highest BCUT2D eigenvalue weighted by molar-refractivity contribution is 6.31. The number of para-hydroxylation sites is 1. The summed E-state index contributed by atoms with van der Waals surface area (Å²) in [7, 11) is 0. The highest BCUT2D eigenvalue weighted by Crippen LogP contribution is 2.24. The van der Waals surface area contributed by atoms with Crippen molar-refractivity contribution in [1.29, 1.82) is 0 Å². The smallest absolute Gasteiger partial charge is 0.0476 e. The van der Waals surface area contributed by atoms with Crippen molar-refractivity contribution in [2.24, 2.45) is 0 Å². The Labute approximate surface area is 126 Å². The molecule has 0 saturated heterocycles. The lowest BCUT2D eigenvalue weighted by Gasteiger charge is -2.25. The van der Waals surface area contributed by atoms with Crippen molar-refractivity contribution in [3.05, 3.63) is 59.1 Å². The maximum atomic E-state index is 6.29. The molecule has 0 amide bonds. The van der Waals surface area contributed by atoms with Crippen LogP contribution in [0.1, 0.15) is 25.3 Å². The summed E-state index contributed by atoms with van der Waals surface area (Å²) in [5, 5.41) is 0.738. The average molecular weight is 289 g/mol. The number of nitrogens with zero attached hydrogens (tertiary/aromatic N) is 1. The van der Waals surface area contributed by atoms with Gasteiger partial charge in [0.25, 0.3) is 0 Å². The van der Waals surface area contributed by atoms with Crippen LogP contribution in [0.3, 0.4) is 0 Å². The SMILES string of the molecule is CCCCN(Cc1ccc(N)cc1Cl)c1ccccc1. The van der Waals surface area contributed by atoms with Crippen molar-refractivity contribution in [3.8, 4) is 0 Å². The number of anilines is 2. The quantitative estimate of drug-likeness (QED) is 0.779. The van der Waals surface area contributed by atoms with Gasteiger partial charge in [0, 0.05) is 29.5 Å². The van der Waals surface area contributed by atoms with Gasteiger partial charge in [0.15, 0.2) is 0 Å². The third-order valence-corrected chi connectivity index (χ3v) is 3.69. The van der Waals surface area contributed by atoms with Crippen LogP contribution in [-0.2, 0) is 6.54 Å². The molecule has 0 radical (unpaired) electrons. The standard InChI is InChI=1S/C17H21ClN2/c1-2-3-11-20(16-7-5-4-6-8-16)13-14-9-10-15(19)12-17(14)18/h4-10,12H,2-3,11,13,19H2,1H3. The monoisotopic (exact) mass is 288 g/mol. The highest BCUT2D eigenvalue weighted by atomic mass is 35.5. The van der Waals surface area contributed by atoms with E-state index in [-0.39, 0.29) is 0 Å². The first-order valence-corrected chi connectivity index (χ1v) is 7.42. The Balaban J connectivity index is 2.19. The predicted molar refractivity (Wildman–Crippen MR) is 88.3 cm³/mol. The van der Waals surface area contributed by atoms with E-state index in [9.17, 15) is 0 Å². The maximum Gasteiger partial charge on any atom is 0.0476 e. The number of nitrogens with two attached hydrogens (primary N) is 1. The first-order chi connectivity index (χ1) is 9.70. The predicted octanol–water partition coefficient (Wildman–Crippen LogP) is 4.73. The van der Waals surface area contributed by atoms with Crippen molar-refractivity contribution < 1.29 is 0 Å². The molecule has 0 heterocycles. The summed E-state index contributed by atoms with van der Waals surface area (Å²) in [4.78, 5) is 2.36. The molecule has 0 aromatic heterocycles. The summed E-state index contributed by atoms with van der Waals surface area (Å²) < 4.78 is 0. The van der Waals surface area contributed by atoms with E-state index in [2.05, 4.69) is 36.1 Å². The first-order valence-electron chi connectivity index (χ1n) is 7.04. The van der Waals surface area contributed by atoms with Crippen molar-refractivity contribution in [2.75, 3.05) is 17.2 Å². The summed E-state index contributed by atoms with van der Waals surface area (Å²) in [5.74, 6) is 0. The van der Waals surface area contributed by atoms with Crippen LogP contribution < -0.4 is 10.6 Å². The van der Waals surface area contributed by atoms with Gasteiger partial charge in [-0.15, -0.1) is 0 Å². The van der Waals surface area contributed by atoms with E-state index in [0.29, 0.717) is 5.69 Å². The summed E-state index contributed by atoms with van der Waals surface area (Å²) in [6.07, 6.45) is 2.35.